The van der Waals surface area contributed by atoms with Crippen molar-refractivity contribution in [3.05, 3.63) is 58.7 Å². The van der Waals surface area contributed by atoms with Gasteiger partial charge in [0, 0.05) is 23.5 Å². The number of carbonyl (C=O) groups excluding carboxylic acids is 1. The van der Waals surface area contributed by atoms with Crippen LogP contribution < -0.4 is 5.32 Å². The molecule has 1 aromatic heterocycles. The van der Waals surface area contributed by atoms with Crippen molar-refractivity contribution in [2.24, 2.45) is 0 Å². The summed E-state index contributed by atoms with van der Waals surface area (Å²) in [5.41, 5.74) is 1.48. The number of sulfonamides is 1. The Labute approximate surface area is 180 Å². The second kappa shape index (κ2) is 8.59. The molecule has 0 fully saturated rings. The number of hydrogen-bond acceptors (Lipinski definition) is 5. The quantitative estimate of drug-likeness (QED) is 0.552. The van der Waals surface area contributed by atoms with Gasteiger partial charge in [-0.2, -0.15) is 4.31 Å². The van der Waals surface area contributed by atoms with Gasteiger partial charge in [-0.1, -0.05) is 25.4 Å². The zero-order valence-electron chi connectivity index (χ0n) is 16.8. The number of halogens is 1. The van der Waals surface area contributed by atoms with E-state index in [1.807, 2.05) is 0 Å². The van der Waals surface area contributed by atoms with Crippen molar-refractivity contribution < 1.29 is 18.3 Å². The third-order valence-corrected chi connectivity index (χ3v) is 7.05. The molecule has 1 heterocycles. The number of nitrogens with zero attached hydrogens (tertiary/aromatic N) is 2. The summed E-state index contributed by atoms with van der Waals surface area (Å²) >= 11 is 6.03. The summed E-state index contributed by atoms with van der Waals surface area (Å²) < 4.78 is 26.8. The van der Waals surface area contributed by atoms with Gasteiger partial charge < -0.3 is 10.4 Å². The number of hydrogen-bond donors (Lipinski definition) is 2. The standard InChI is InChI=1S/C21H22ClN3O4S/c1-4-25(5-2)30(28,29)16-7-9-20(26)19(12-16)24-21(27)17-11-14-10-15(22)6-8-18(14)23-13(17)3/h6-12,26H,4-5H2,1-3H3,(H,24,27). The zero-order valence-corrected chi connectivity index (χ0v) is 18.4. The van der Waals surface area contributed by atoms with Gasteiger partial charge in [0.1, 0.15) is 5.75 Å². The van der Waals surface area contributed by atoms with Crippen LogP contribution in [-0.4, -0.2) is 41.8 Å². The minimum atomic E-state index is -3.74. The van der Waals surface area contributed by atoms with Crippen molar-refractivity contribution in [3.63, 3.8) is 0 Å². The number of benzene rings is 2. The Bertz CT molecular complexity index is 1220. The molecule has 0 spiro atoms. The number of phenols is 1. The van der Waals surface area contributed by atoms with E-state index >= 15 is 0 Å². The van der Waals surface area contributed by atoms with Gasteiger partial charge in [-0.3, -0.25) is 9.78 Å². The lowest BCUT2D eigenvalue weighted by molar-refractivity contribution is 0.102. The van der Waals surface area contributed by atoms with Crippen LogP contribution in [0.5, 0.6) is 5.75 Å². The zero-order chi connectivity index (χ0) is 22.1. The molecule has 2 aromatic carbocycles. The fourth-order valence-electron chi connectivity index (χ4n) is 3.15. The molecule has 30 heavy (non-hydrogen) atoms. The van der Waals surface area contributed by atoms with Crippen molar-refractivity contribution in [3.8, 4) is 5.75 Å². The summed E-state index contributed by atoms with van der Waals surface area (Å²) in [6.45, 7) is 5.81. The molecule has 0 bridgehead atoms. The molecular weight excluding hydrogens is 426 g/mol. The van der Waals surface area contributed by atoms with E-state index in [1.54, 1.807) is 45.0 Å². The predicted octanol–water partition coefficient (Wildman–Crippen LogP) is 4.19. The second-order valence-corrected chi connectivity index (χ2v) is 9.06. The lowest BCUT2D eigenvalue weighted by Crippen LogP contribution is -2.30. The highest BCUT2D eigenvalue weighted by atomic mass is 35.5. The van der Waals surface area contributed by atoms with Crippen LogP contribution in [0.1, 0.15) is 29.9 Å². The first-order chi connectivity index (χ1) is 14.2. The Hall–Kier alpha value is -2.68. The van der Waals surface area contributed by atoms with Gasteiger partial charge in [-0.25, -0.2) is 8.42 Å². The van der Waals surface area contributed by atoms with Crippen LogP contribution in [0, 0.1) is 6.92 Å². The fourth-order valence-corrected chi connectivity index (χ4v) is 4.82. The van der Waals surface area contributed by atoms with E-state index in [0.29, 0.717) is 40.3 Å². The third kappa shape index (κ3) is 4.26. The monoisotopic (exact) mass is 447 g/mol. The predicted molar refractivity (Wildman–Crippen MR) is 118 cm³/mol. The number of aromatic hydroxyl groups is 1. The highest BCUT2D eigenvalue weighted by Gasteiger charge is 2.23. The number of aromatic nitrogens is 1. The van der Waals surface area contributed by atoms with E-state index in [9.17, 15) is 18.3 Å². The summed E-state index contributed by atoms with van der Waals surface area (Å²) in [4.78, 5) is 17.3. The van der Waals surface area contributed by atoms with E-state index < -0.39 is 15.9 Å². The average molecular weight is 448 g/mol. The van der Waals surface area contributed by atoms with E-state index in [1.165, 1.54) is 22.5 Å². The topological polar surface area (TPSA) is 99.6 Å². The van der Waals surface area contributed by atoms with Gasteiger partial charge in [-0.15, -0.1) is 0 Å². The first kappa shape index (κ1) is 22.0. The largest absolute Gasteiger partial charge is 0.506 e. The van der Waals surface area contributed by atoms with Crippen molar-refractivity contribution in [1.29, 1.82) is 0 Å². The molecule has 0 aliphatic heterocycles. The summed E-state index contributed by atoms with van der Waals surface area (Å²) in [6.07, 6.45) is 0. The molecular formula is C21H22ClN3O4S. The fraction of sp³-hybridized carbons (Fsp3) is 0.238. The molecule has 0 radical (unpaired) electrons. The van der Waals surface area contributed by atoms with Gasteiger partial charge in [0.15, 0.2) is 0 Å². The van der Waals surface area contributed by atoms with Crippen LogP contribution in [0.2, 0.25) is 5.02 Å². The Balaban J connectivity index is 1.97. The Morgan fingerprint density at radius 2 is 1.83 bits per heavy atom. The molecule has 7 nitrogen and oxygen atoms in total. The summed E-state index contributed by atoms with van der Waals surface area (Å²) in [5.74, 6) is -0.758. The Morgan fingerprint density at radius 1 is 1.13 bits per heavy atom. The van der Waals surface area contributed by atoms with E-state index in [0.717, 1.165) is 0 Å². The number of phenolic OH excluding ortho intramolecular Hbond substituents is 1. The van der Waals surface area contributed by atoms with Crippen LogP contribution in [0.3, 0.4) is 0 Å². The van der Waals surface area contributed by atoms with Gasteiger partial charge in [0.2, 0.25) is 10.0 Å². The number of amides is 1. The molecule has 0 saturated heterocycles. The van der Waals surface area contributed by atoms with Crippen molar-refractivity contribution in [2.75, 3.05) is 18.4 Å². The first-order valence-corrected chi connectivity index (χ1v) is 11.2. The molecule has 0 unspecified atom stereocenters. The van der Waals surface area contributed by atoms with E-state index in [-0.39, 0.29) is 16.3 Å². The molecule has 0 saturated carbocycles. The average Bonchev–Trinajstić information content (AvgIpc) is 2.70. The second-order valence-electron chi connectivity index (χ2n) is 6.68. The van der Waals surface area contributed by atoms with Crippen molar-refractivity contribution >= 4 is 44.1 Å². The van der Waals surface area contributed by atoms with Crippen LogP contribution in [0.25, 0.3) is 10.9 Å². The molecule has 3 rings (SSSR count). The van der Waals surface area contributed by atoms with Crippen LogP contribution >= 0.6 is 11.6 Å². The van der Waals surface area contributed by atoms with Gasteiger partial charge in [0.05, 0.1) is 27.4 Å². The lowest BCUT2D eigenvalue weighted by atomic mass is 10.1. The minimum absolute atomic E-state index is 0.00109. The smallest absolute Gasteiger partial charge is 0.257 e. The number of rotatable bonds is 6. The van der Waals surface area contributed by atoms with Crippen LogP contribution in [0.15, 0.2) is 47.4 Å². The normalized spacial score (nSPS) is 11.8. The van der Waals surface area contributed by atoms with E-state index in [4.69, 9.17) is 11.6 Å². The lowest BCUT2D eigenvalue weighted by Gasteiger charge is -2.19. The van der Waals surface area contributed by atoms with Crippen molar-refractivity contribution in [1.82, 2.24) is 9.29 Å². The summed E-state index contributed by atoms with van der Waals surface area (Å²) in [5, 5.41) is 14.0. The SMILES string of the molecule is CCN(CC)S(=O)(=O)c1ccc(O)c(NC(=O)c2cc3cc(Cl)ccc3nc2C)c1. The molecule has 2 N–H and O–H groups in total. The van der Waals surface area contributed by atoms with E-state index in [2.05, 4.69) is 10.3 Å². The maximum absolute atomic E-state index is 12.9. The van der Waals surface area contributed by atoms with Gasteiger partial charge >= 0.3 is 0 Å². The van der Waals surface area contributed by atoms with Gasteiger partial charge in [-0.05, 0) is 49.4 Å². The Kier molecular flexibility index (Phi) is 6.30. The molecule has 0 atom stereocenters. The number of pyridine rings is 1. The molecule has 3 aromatic rings. The molecule has 0 aliphatic rings. The minimum Gasteiger partial charge on any atom is -0.506 e. The Morgan fingerprint density at radius 3 is 2.50 bits per heavy atom. The number of anilines is 1. The van der Waals surface area contributed by atoms with Crippen LogP contribution in [-0.2, 0) is 10.0 Å². The van der Waals surface area contributed by atoms with Crippen LogP contribution in [0.4, 0.5) is 5.69 Å². The number of carbonyl (C=O) groups is 1. The van der Waals surface area contributed by atoms with Gasteiger partial charge in [0.25, 0.3) is 5.91 Å². The number of aryl methyl sites for hydroxylation is 1. The summed E-state index contributed by atoms with van der Waals surface area (Å²) in [6, 6.07) is 10.7. The maximum Gasteiger partial charge on any atom is 0.257 e. The number of nitrogens with one attached hydrogen (secondary N) is 1. The molecule has 158 valence electrons. The molecule has 0 aliphatic carbocycles. The highest BCUT2D eigenvalue weighted by Crippen LogP contribution is 2.29. The highest BCUT2D eigenvalue weighted by molar-refractivity contribution is 7.89. The maximum atomic E-state index is 12.9. The number of fused-ring (bicyclic) bond motifs is 1. The molecule has 9 heteroatoms. The first-order valence-electron chi connectivity index (χ1n) is 9.38. The van der Waals surface area contributed by atoms with Crippen molar-refractivity contribution in [2.45, 2.75) is 25.7 Å². The summed E-state index contributed by atoms with van der Waals surface area (Å²) in [7, 11) is -3.74. The third-order valence-electron chi connectivity index (χ3n) is 4.77. The molecule has 1 amide bonds.